The van der Waals surface area contributed by atoms with Gasteiger partial charge in [-0.3, -0.25) is 0 Å². The van der Waals surface area contributed by atoms with E-state index in [1.165, 1.54) is 0 Å². The number of aromatic nitrogens is 3. The lowest BCUT2D eigenvalue weighted by atomic mass is 9.93. The molecule has 1 N–H and O–H groups in total. The molecule has 122 valence electrons. The van der Waals surface area contributed by atoms with E-state index in [1.807, 2.05) is 30.3 Å². The Hall–Kier alpha value is -1.79. The zero-order valence-electron chi connectivity index (χ0n) is 12.8. The second-order valence-electron chi connectivity index (χ2n) is 6.30. The van der Waals surface area contributed by atoms with Crippen molar-refractivity contribution in [3.8, 4) is 0 Å². The molecule has 1 fully saturated rings. The van der Waals surface area contributed by atoms with Crippen molar-refractivity contribution in [1.29, 1.82) is 0 Å². The molecule has 2 aliphatic rings. The van der Waals surface area contributed by atoms with Crippen LogP contribution in [-0.2, 0) is 4.74 Å². The van der Waals surface area contributed by atoms with Crippen LogP contribution >= 0.6 is 0 Å². The minimum absolute atomic E-state index is 0.0834. The van der Waals surface area contributed by atoms with Gasteiger partial charge in [0.2, 0.25) is 0 Å². The average molecular weight is 317 g/mol. The third kappa shape index (κ3) is 2.66. The van der Waals surface area contributed by atoms with E-state index in [2.05, 4.69) is 10.1 Å². The van der Waals surface area contributed by atoms with E-state index in [9.17, 15) is 9.50 Å². The summed E-state index contributed by atoms with van der Waals surface area (Å²) in [7, 11) is 0. The summed E-state index contributed by atoms with van der Waals surface area (Å²) >= 11 is 0. The molecule has 5 nitrogen and oxygen atoms in total. The summed E-state index contributed by atoms with van der Waals surface area (Å²) in [5, 5.41) is 15.0. The van der Waals surface area contributed by atoms with Crippen LogP contribution in [0.1, 0.15) is 54.8 Å². The highest BCUT2D eigenvalue weighted by atomic mass is 19.1. The molecule has 4 rings (SSSR count). The van der Waals surface area contributed by atoms with E-state index in [1.54, 1.807) is 4.68 Å². The molecule has 0 aliphatic carbocycles. The monoisotopic (exact) mass is 317 g/mol. The Balaban J connectivity index is 1.62. The molecule has 1 saturated heterocycles. The van der Waals surface area contributed by atoms with Gasteiger partial charge >= 0.3 is 0 Å². The van der Waals surface area contributed by atoms with E-state index in [0.29, 0.717) is 31.3 Å². The standard InChI is InChI=1S/C17H20FN3O2/c18-13-10-14(11-4-2-1-3-5-11)21-17(13)19-16(20-21)15(22)12-6-8-23-9-7-12/h1-5,12-15,22H,6-10H2/t13-,14-,15?/m0/s1. The maximum atomic E-state index is 14.3. The lowest BCUT2D eigenvalue weighted by Gasteiger charge is -2.25. The molecule has 0 bridgehead atoms. The number of rotatable bonds is 3. The minimum atomic E-state index is -1.14. The molecule has 3 heterocycles. The van der Waals surface area contributed by atoms with Crippen LogP contribution < -0.4 is 0 Å². The summed E-state index contributed by atoms with van der Waals surface area (Å²) in [6.07, 6.45) is 0.0368. The molecule has 0 saturated carbocycles. The number of aliphatic hydroxyl groups excluding tert-OH is 1. The van der Waals surface area contributed by atoms with Crippen molar-refractivity contribution in [3.05, 3.63) is 47.5 Å². The first-order valence-electron chi connectivity index (χ1n) is 8.15. The molecule has 1 unspecified atom stereocenters. The quantitative estimate of drug-likeness (QED) is 0.945. The maximum absolute atomic E-state index is 14.3. The fraction of sp³-hybridized carbons (Fsp3) is 0.529. The van der Waals surface area contributed by atoms with Gasteiger partial charge < -0.3 is 9.84 Å². The van der Waals surface area contributed by atoms with Crippen LogP contribution in [0.25, 0.3) is 0 Å². The number of fused-ring (bicyclic) bond motifs is 1. The number of nitrogens with zero attached hydrogens (tertiary/aromatic N) is 3. The predicted octanol–water partition coefficient (Wildman–Crippen LogP) is 2.74. The van der Waals surface area contributed by atoms with Crippen molar-refractivity contribution in [2.45, 2.75) is 37.6 Å². The fourth-order valence-corrected chi connectivity index (χ4v) is 3.52. The van der Waals surface area contributed by atoms with Crippen LogP contribution in [-0.4, -0.2) is 33.1 Å². The first-order chi connectivity index (χ1) is 11.2. The number of halogens is 1. The van der Waals surface area contributed by atoms with E-state index in [-0.39, 0.29) is 12.0 Å². The summed E-state index contributed by atoms with van der Waals surface area (Å²) < 4.78 is 21.3. The number of benzene rings is 1. The number of ether oxygens (including phenoxy) is 1. The van der Waals surface area contributed by atoms with Gasteiger partial charge in [0.15, 0.2) is 17.8 Å². The molecule has 0 radical (unpaired) electrons. The predicted molar refractivity (Wildman–Crippen MR) is 81.6 cm³/mol. The summed E-state index contributed by atoms with van der Waals surface area (Å²) in [4.78, 5) is 4.31. The highest BCUT2D eigenvalue weighted by molar-refractivity contribution is 5.23. The molecular formula is C17H20FN3O2. The number of hydrogen-bond acceptors (Lipinski definition) is 4. The number of aliphatic hydroxyl groups is 1. The summed E-state index contributed by atoms with van der Waals surface area (Å²) in [5.74, 6) is 0.759. The van der Waals surface area contributed by atoms with E-state index >= 15 is 0 Å². The zero-order valence-corrected chi connectivity index (χ0v) is 12.8. The first kappa shape index (κ1) is 14.8. The van der Waals surface area contributed by atoms with Crippen LogP contribution in [0.4, 0.5) is 4.39 Å². The largest absolute Gasteiger partial charge is 0.385 e. The van der Waals surface area contributed by atoms with E-state index in [0.717, 1.165) is 18.4 Å². The van der Waals surface area contributed by atoms with Crippen LogP contribution in [0.5, 0.6) is 0 Å². The average Bonchev–Trinajstić information content (AvgIpc) is 3.17. The van der Waals surface area contributed by atoms with E-state index in [4.69, 9.17) is 4.74 Å². The number of alkyl halides is 1. The Morgan fingerprint density at radius 1 is 1.22 bits per heavy atom. The van der Waals surface area contributed by atoms with Gasteiger partial charge in [-0.1, -0.05) is 30.3 Å². The molecule has 0 amide bonds. The smallest absolute Gasteiger partial charge is 0.179 e. The van der Waals surface area contributed by atoms with Gasteiger partial charge in [-0.25, -0.2) is 14.1 Å². The highest BCUT2D eigenvalue weighted by Crippen LogP contribution is 2.40. The van der Waals surface area contributed by atoms with Gasteiger partial charge in [-0.05, 0) is 24.3 Å². The van der Waals surface area contributed by atoms with Gasteiger partial charge in [-0.2, -0.15) is 5.10 Å². The molecular weight excluding hydrogens is 297 g/mol. The van der Waals surface area contributed by atoms with E-state index < -0.39 is 12.3 Å². The minimum Gasteiger partial charge on any atom is -0.385 e. The van der Waals surface area contributed by atoms with Crippen LogP contribution in [0.15, 0.2) is 30.3 Å². The zero-order chi connectivity index (χ0) is 15.8. The van der Waals surface area contributed by atoms with Crippen LogP contribution in [0.3, 0.4) is 0 Å². The normalized spacial score (nSPS) is 26.2. The SMILES string of the molecule is OC(c1nc2n(n1)[C@H](c1ccccc1)C[C@@H]2F)C1CCOCC1. The van der Waals surface area contributed by atoms with Gasteiger partial charge in [0.25, 0.3) is 0 Å². The Bertz CT molecular complexity index is 670. The topological polar surface area (TPSA) is 60.2 Å². The van der Waals surface area contributed by atoms with Crippen molar-refractivity contribution in [1.82, 2.24) is 14.8 Å². The lowest BCUT2D eigenvalue weighted by molar-refractivity contribution is 0.00360. The van der Waals surface area contributed by atoms with Gasteiger partial charge in [0.05, 0.1) is 6.04 Å². The van der Waals surface area contributed by atoms with Crippen molar-refractivity contribution >= 4 is 0 Å². The second-order valence-corrected chi connectivity index (χ2v) is 6.30. The Morgan fingerprint density at radius 3 is 2.70 bits per heavy atom. The fourth-order valence-electron chi connectivity index (χ4n) is 3.52. The Morgan fingerprint density at radius 2 is 1.96 bits per heavy atom. The van der Waals surface area contributed by atoms with Crippen LogP contribution in [0.2, 0.25) is 0 Å². The van der Waals surface area contributed by atoms with Crippen molar-refractivity contribution in [3.63, 3.8) is 0 Å². The molecule has 23 heavy (non-hydrogen) atoms. The molecule has 0 spiro atoms. The van der Waals surface area contributed by atoms with Crippen molar-refractivity contribution in [2.24, 2.45) is 5.92 Å². The summed E-state index contributed by atoms with van der Waals surface area (Å²) in [5.41, 5.74) is 1.02. The first-order valence-corrected chi connectivity index (χ1v) is 8.15. The lowest BCUT2D eigenvalue weighted by Crippen LogP contribution is -2.23. The Kier molecular flexibility index (Phi) is 3.87. The van der Waals surface area contributed by atoms with Crippen molar-refractivity contribution < 1.29 is 14.2 Å². The van der Waals surface area contributed by atoms with Gasteiger partial charge in [0.1, 0.15) is 6.10 Å². The molecule has 1 aromatic carbocycles. The maximum Gasteiger partial charge on any atom is 0.179 e. The second kappa shape index (κ2) is 6.02. The number of hydrogen-bond donors (Lipinski definition) is 1. The van der Waals surface area contributed by atoms with Gasteiger partial charge in [-0.15, -0.1) is 0 Å². The molecule has 3 atom stereocenters. The van der Waals surface area contributed by atoms with Gasteiger partial charge in [0, 0.05) is 19.6 Å². The third-order valence-electron chi connectivity index (χ3n) is 4.84. The highest BCUT2D eigenvalue weighted by Gasteiger charge is 2.37. The summed E-state index contributed by atoms with van der Waals surface area (Å²) in [6.45, 7) is 1.29. The Labute approximate surface area is 134 Å². The molecule has 2 aliphatic heterocycles. The van der Waals surface area contributed by atoms with Crippen LogP contribution in [0, 0.1) is 5.92 Å². The molecule has 6 heteroatoms. The summed E-state index contributed by atoms with van der Waals surface area (Å²) in [6, 6.07) is 9.62. The molecule has 2 aromatic rings. The third-order valence-corrected chi connectivity index (χ3v) is 4.84. The molecule has 1 aromatic heterocycles. The van der Waals surface area contributed by atoms with Crippen molar-refractivity contribution in [2.75, 3.05) is 13.2 Å².